The van der Waals surface area contributed by atoms with Crippen LogP contribution >= 0.6 is 0 Å². The van der Waals surface area contributed by atoms with E-state index in [4.69, 9.17) is 5.11 Å². The molecule has 16 heavy (non-hydrogen) atoms. The second-order valence-electron chi connectivity index (χ2n) is 3.83. The van der Waals surface area contributed by atoms with Crippen molar-refractivity contribution >= 4 is 0 Å². The van der Waals surface area contributed by atoms with Crippen molar-refractivity contribution in [1.29, 1.82) is 0 Å². The summed E-state index contributed by atoms with van der Waals surface area (Å²) in [6.45, 7) is 2.29. The lowest BCUT2D eigenvalue weighted by molar-refractivity contribution is 0.288. The average Bonchev–Trinajstić information content (AvgIpc) is 2.69. The van der Waals surface area contributed by atoms with Crippen molar-refractivity contribution in [3.63, 3.8) is 0 Å². The molecule has 1 aromatic carbocycles. The van der Waals surface area contributed by atoms with Crippen LogP contribution in [0.1, 0.15) is 17.7 Å². The number of para-hydroxylation sites is 1. The molecule has 3 nitrogen and oxygen atoms in total. The first kappa shape index (κ1) is 10.9. The molecule has 0 unspecified atom stereocenters. The van der Waals surface area contributed by atoms with Gasteiger partial charge in [-0.1, -0.05) is 18.2 Å². The number of aryl methyl sites for hydroxylation is 1. The van der Waals surface area contributed by atoms with E-state index in [9.17, 15) is 0 Å². The molecule has 0 aliphatic heterocycles. The van der Waals surface area contributed by atoms with E-state index in [0.29, 0.717) is 0 Å². The van der Waals surface area contributed by atoms with Crippen LogP contribution in [0.25, 0.3) is 5.69 Å². The van der Waals surface area contributed by atoms with E-state index in [1.165, 1.54) is 5.56 Å². The number of nitrogens with zero attached hydrogens (tertiary/aromatic N) is 2. The lowest BCUT2D eigenvalue weighted by Gasteiger charge is -2.04. The Bertz CT molecular complexity index is 448. The van der Waals surface area contributed by atoms with Crippen LogP contribution in [0.2, 0.25) is 0 Å². The zero-order valence-electron chi connectivity index (χ0n) is 9.43. The first-order chi connectivity index (χ1) is 7.83. The molecule has 0 spiro atoms. The average molecular weight is 216 g/mol. The van der Waals surface area contributed by atoms with Crippen molar-refractivity contribution < 1.29 is 5.11 Å². The van der Waals surface area contributed by atoms with Crippen LogP contribution < -0.4 is 0 Å². The Balaban J connectivity index is 2.27. The van der Waals surface area contributed by atoms with Gasteiger partial charge < -0.3 is 5.11 Å². The second kappa shape index (κ2) is 4.94. The molecule has 0 fully saturated rings. The van der Waals surface area contributed by atoms with Crippen LogP contribution in [0.5, 0.6) is 0 Å². The maximum atomic E-state index is 8.82. The van der Waals surface area contributed by atoms with E-state index in [2.05, 4.69) is 12.0 Å². The van der Waals surface area contributed by atoms with Gasteiger partial charge in [0, 0.05) is 12.3 Å². The summed E-state index contributed by atoms with van der Waals surface area (Å²) >= 11 is 0. The van der Waals surface area contributed by atoms with E-state index in [1.807, 2.05) is 41.2 Å². The molecule has 2 rings (SSSR count). The second-order valence-corrected chi connectivity index (χ2v) is 3.83. The highest BCUT2D eigenvalue weighted by Crippen LogP contribution is 2.14. The number of aliphatic hydroxyl groups excluding tert-OH is 1. The van der Waals surface area contributed by atoms with Crippen molar-refractivity contribution in [3.05, 3.63) is 47.8 Å². The summed E-state index contributed by atoms with van der Waals surface area (Å²) in [6.07, 6.45) is 3.56. The van der Waals surface area contributed by atoms with E-state index in [1.54, 1.807) is 0 Å². The summed E-state index contributed by atoms with van der Waals surface area (Å²) in [7, 11) is 0. The van der Waals surface area contributed by atoms with Crippen LogP contribution in [0.4, 0.5) is 0 Å². The monoisotopic (exact) mass is 216 g/mol. The van der Waals surface area contributed by atoms with Crippen molar-refractivity contribution in [2.45, 2.75) is 19.8 Å². The standard InChI is InChI=1S/C13H16N2O/c1-11-12(6-5-9-16)10-14-15(11)13-7-3-2-4-8-13/h2-4,7-8,10,16H,5-6,9H2,1H3. The fraction of sp³-hybridized carbons (Fsp3) is 0.308. The van der Waals surface area contributed by atoms with Crippen LogP contribution in [0.3, 0.4) is 0 Å². The van der Waals surface area contributed by atoms with Gasteiger partial charge in [0.1, 0.15) is 0 Å². The van der Waals surface area contributed by atoms with Crippen LogP contribution in [-0.4, -0.2) is 21.5 Å². The van der Waals surface area contributed by atoms with Crippen LogP contribution in [0, 0.1) is 6.92 Å². The Labute approximate surface area is 95.3 Å². The molecule has 1 N–H and O–H groups in total. The maximum Gasteiger partial charge on any atom is 0.0648 e. The number of aromatic nitrogens is 2. The number of benzene rings is 1. The van der Waals surface area contributed by atoms with Gasteiger partial charge in [-0.05, 0) is 37.5 Å². The Morgan fingerprint density at radius 1 is 1.25 bits per heavy atom. The predicted octanol–water partition coefficient (Wildman–Crippen LogP) is 2.11. The van der Waals surface area contributed by atoms with Gasteiger partial charge in [-0.25, -0.2) is 4.68 Å². The van der Waals surface area contributed by atoms with Crippen molar-refractivity contribution in [1.82, 2.24) is 9.78 Å². The molecular formula is C13H16N2O. The Kier molecular flexibility index (Phi) is 3.37. The molecule has 84 valence electrons. The van der Waals surface area contributed by atoms with Gasteiger partial charge in [-0.2, -0.15) is 5.10 Å². The highest BCUT2D eigenvalue weighted by molar-refractivity contribution is 5.34. The summed E-state index contributed by atoms with van der Waals surface area (Å²) in [5.41, 5.74) is 3.44. The topological polar surface area (TPSA) is 38.1 Å². The maximum absolute atomic E-state index is 8.82. The largest absolute Gasteiger partial charge is 0.396 e. The molecule has 3 heteroatoms. The third-order valence-corrected chi connectivity index (χ3v) is 2.72. The van der Waals surface area contributed by atoms with Gasteiger partial charge in [0.25, 0.3) is 0 Å². The number of rotatable bonds is 4. The highest BCUT2D eigenvalue weighted by Gasteiger charge is 2.06. The summed E-state index contributed by atoms with van der Waals surface area (Å²) in [4.78, 5) is 0. The first-order valence-corrected chi connectivity index (χ1v) is 5.52. The molecule has 2 aromatic rings. The van der Waals surface area contributed by atoms with Gasteiger partial charge in [-0.15, -0.1) is 0 Å². The summed E-state index contributed by atoms with van der Waals surface area (Å²) in [5.74, 6) is 0. The number of hydrogen-bond donors (Lipinski definition) is 1. The lowest BCUT2D eigenvalue weighted by Crippen LogP contribution is -1.99. The zero-order valence-corrected chi connectivity index (χ0v) is 9.43. The van der Waals surface area contributed by atoms with Gasteiger partial charge in [0.05, 0.1) is 11.9 Å². The van der Waals surface area contributed by atoms with Crippen LogP contribution in [0.15, 0.2) is 36.5 Å². The van der Waals surface area contributed by atoms with Gasteiger partial charge >= 0.3 is 0 Å². The molecule has 0 bridgehead atoms. The lowest BCUT2D eigenvalue weighted by atomic mass is 10.1. The third kappa shape index (κ3) is 2.14. The van der Waals surface area contributed by atoms with E-state index >= 15 is 0 Å². The SMILES string of the molecule is Cc1c(CCCO)cnn1-c1ccccc1. The van der Waals surface area contributed by atoms with Crippen LogP contribution in [-0.2, 0) is 6.42 Å². The molecule has 0 aliphatic carbocycles. The van der Waals surface area contributed by atoms with Gasteiger partial charge in [-0.3, -0.25) is 0 Å². The minimum Gasteiger partial charge on any atom is -0.396 e. The summed E-state index contributed by atoms with van der Waals surface area (Å²) < 4.78 is 1.94. The summed E-state index contributed by atoms with van der Waals surface area (Å²) in [5, 5.41) is 13.2. The number of hydrogen-bond acceptors (Lipinski definition) is 2. The number of aliphatic hydroxyl groups is 1. The third-order valence-electron chi connectivity index (χ3n) is 2.72. The van der Waals surface area contributed by atoms with Gasteiger partial charge in [0.15, 0.2) is 0 Å². The minimum absolute atomic E-state index is 0.232. The van der Waals surface area contributed by atoms with E-state index in [-0.39, 0.29) is 6.61 Å². The Hall–Kier alpha value is -1.61. The molecule has 0 aliphatic rings. The molecule has 0 saturated heterocycles. The molecule has 0 saturated carbocycles. The van der Waals surface area contributed by atoms with Gasteiger partial charge in [0.2, 0.25) is 0 Å². The molecule has 0 amide bonds. The molecule has 1 heterocycles. The molecule has 0 radical (unpaired) electrons. The van der Waals surface area contributed by atoms with Crippen molar-refractivity contribution in [2.24, 2.45) is 0 Å². The quantitative estimate of drug-likeness (QED) is 0.850. The molecular weight excluding hydrogens is 200 g/mol. The van der Waals surface area contributed by atoms with E-state index in [0.717, 1.165) is 24.2 Å². The summed E-state index contributed by atoms with van der Waals surface area (Å²) in [6, 6.07) is 10.1. The Morgan fingerprint density at radius 2 is 2.00 bits per heavy atom. The molecule has 1 aromatic heterocycles. The normalized spacial score (nSPS) is 10.6. The predicted molar refractivity (Wildman–Crippen MR) is 63.7 cm³/mol. The fourth-order valence-corrected chi connectivity index (χ4v) is 1.79. The highest BCUT2D eigenvalue weighted by atomic mass is 16.2. The minimum atomic E-state index is 0.232. The first-order valence-electron chi connectivity index (χ1n) is 5.52. The fourth-order valence-electron chi connectivity index (χ4n) is 1.79. The molecule has 0 atom stereocenters. The van der Waals surface area contributed by atoms with E-state index < -0.39 is 0 Å². The smallest absolute Gasteiger partial charge is 0.0648 e. The zero-order chi connectivity index (χ0) is 11.4. The van der Waals surface area contributed by atoms with Crippen molar-refractivity contribution in [3.8, 4) is 5.69 Å². The Morgan fingerprint density at radius 3 is 2.69 bits per heavy atom. The van der Waals surface area contributed by atoms with Crippen molar-refractivity contribution in [2.75, 3.05) is 6.61 Å².